The van der Waals surface area contributed by atoms with Gasteiger partial charge in [-0.15, -0.1) is 0 Å². The quantitative estimate of drug-likeness (QED) is 0.659. The molecule has 0 fully saturated rings. The van der Waals surface area contributed by atoms with Crippen LogP contribution in [0.2, 0.25) is 0 Å². The fourth-order valence-corrected chi connectivity index (χ4v) is 1.96. The summed E-state index contributed by atoms with van der Waals surface area (Å²) in [6, 6.07) is 9.94. The minimum absolute atomic E-state index is 0.656. The van der Waals surface area contributed by atoms with Crippen molar-refractivity contribution in [2.75, 3.05) is 13.2 Å². The van der Waals surface area contributed by atoms with Crippen LogP contribution in [0.5, 0.6) is 11.6 Å². The molecule has 0 unspecified atom stereocenters. The Balaban J connectivity index is 2.21. The number of rotatable bonds is 8. The number of hydrogen-bond acceptors (Lipinski definition) is 3. The molecule has 1 aromatic heterocycles. The Morgan fingerprint density at radius 1 is 0.950 bits per heavy atom. The monoisotopic (exact) mass is 273 g/mol. The van der Waals surface area contributed by atoms with Crippen LogP contribution < -0.4 is 9.47 Å². The molecule has 20 heavy (non-hydrogen) atoms. The van der Waals surface area contributed by atoms with Gasteiger partial charge in [0.25, 0.3) is 0 Å². The summed E-state index contributed by atoms with van der Waals surface area (Å²) in [6.45, 7) is 5.75. The molecule has 2 aromatic rings. The molecular weight excluding hydrogens is 250 g/mol. The van der Waals surface area contributed by atoms with E-state index >= 15 is 0 Å². The number of para-hydroxylation sites is 1. The van der Waals surface area contributed by atoms with E-state index in [2.05, 4.69) is 18.8 Å². The lowest BCUT2D eigenvalue weighted by molar-refractivity contribution is 0.289. The van der Waals surface area contributed by atoms with Crippen molar-refractivity contribution in [1.29, 1.82) is 0 Å². The number of nitrogens with zero attached hydrogens (tertiary/aromatic N) is 1. The maximum atomic E-state index is 5.89. The predicted octanol–water partition coefficient (Wildman–Crippen LogP) is 4.59. The zero-order chi connectivity index (χ0) is 14.2. The van der Waals surface area contributed by atoms with Crippen LogP contribution in [0.25, 0.3) is 10.9 Å². The van der Waals surface area contributed by atoms with Gasteiger partial charge >= 0.3 is 0 Å². The van der Waals surface area contributed by atoms with Crippen LogP contribution in [0, 0.1) is 0 Å². The molecule has 2 rings (SSSR count). The molecule has 0 bridgehead atoms. The molecule has 1 aromatic carbocycles. The molecule has 0 amide bonds. The lowest BCUT2D eigenvalue weighted by atomic mass is 10.2. The van der Waals surface area contributed by atoms with Crippen LogP contribution in [0.1, 0.15) is 39.5 Å². The van der Waals surface area contributed by atoms with Gasteiger partial charge in [0.2, 0.25) is 5.88 Å². The van der Waals surface area contributed by atoms with Crippen LogP contribution in [-0.4, -0.2) is 18.2 Å². The van der Waals surface area contributed by atoms with Crippen LogP contribution in [0.15, 0.2) is 30.3 Å². The van der Waals surface area contributed by atoms with Gasteiger partial charge < -0.3 is 9.47 Å². The largest absolute Gasteiger partial charge is 0.493 e. The fourth-order valence-electron chi connectivity index (χ4n) is 1.96. The number of ether oxygens (including phenoxy) is 2. The van der Waals surface area contributed by atoms with Gasteiger partial charge in [0.05, 0.1) is 18.7 Å². The summed E-state index contributed by atoms with van der Waals surface area (Å²) < 4.78 is 11.6. The molecule has 108 valence electrons. The van der Waals surface area contributed by atoms with Gasteiger partial charge in [0.15, 0.2) is 0 Å². The van der Waals surface area contributed by atoms with Crippen LogP contribution in [-0.2, 0) is 0 Å². The third kappa shape index (κ3) is 3.86. The lowest BCUT2D eigenvalue weighted by Gasteiger charge is -2.11. The van der Waals surface area contributed by atoms with E-state index in [1.54, 1.807) is 0 Å². The predicted molar refractivity (Wildman–Crippen MR) is 82.5 cm³/mol. The van der Waals surface area contributed by atoms with Gasteiger partial charge in [-0.1, -0.05) is 38.8 Å². The van der Waals surface area contributed by atoms with Gasteiger partial charge in [0.1, 0.15) is 5.75 Å². The van der Waals surface area contributed by atoms with Crippen molar-refractivity contribution < 1.29 is 9.47 Å². The third-order valence-electron chi connectivity index (χ3n) is 3.16. The first-order chi connectivity index (χ1) is 9.85. The molecule has 0 aliphatic heterocycles. The van der Waals surface area contributed by atoms with Crippen LogP contribution in [0.3, 0.4) is 0 Å². The summed E-state index contributed by atoms with van der Waals surface area (Å²) in [5, 5.41) is 1.05. The molecule has 0 atom stereocenters. The first-order valence-corrected chi connectivity index (χ1v) is 7.50. The van der Waals surface area contributed by atoms with Crippen LogP contribution >= 0.6 is 0 Å². The van der Waals surface area contributed by atoms with Crippen molar-refractivity contribution in [1.82, 2.24) is 4.98 Å². The average molecular weight is 273 g/mol. The van der Waals surface area contributed by atoms with E-state index in [1.165, 1.54) is 0 Å². The van der Waals surface area contributed by atoms with Gasteiger partial charge in [-0.2, -0.15) is 0 Å². The van der Waals surface area contributed by atoms with E-state index in [4.69, 9.17) is 9.47 Å². The summed E-state index contributed by atoms with van der Waals surface area (Å²) >= 11 is 0. The average Bonchev–Trinajstić information content (AvgIpc) is 2.48. The maximum Gasteiger partial charge on any atom is 0.217 e. The maximum absolute atomic E-state index is 5.89. The molecule has 3 nitrogen and oxygen atoms in total. The van der Waals surface area contributed by atoms with Crippen molar-refractivity contribution in [2.24, 2.45) is 0 Å². The topological polar surface area (TPSA) is 31.4 Å². The number of pyridine rings is 1. The summed E-state index contributed by atoms with van der Waals surface area (Å²) in [5.74, 6) is 1.53. The highest BCUT2D eigenvalue weighted by Gasteiger charge is 2.07. The second-order valence-electron chi connectivity index (χ2n) is 4.88. The van der Waals surface area contributed by atoms with E-state index in [1.807, 2.05) is 30.3 Å². The Hall–Kier alpha value is -1.77. The van der Waals surface area contributed by atoms with Crippen molar-refractivity contribution >= 4 is 10.9 Å². The van der Waals surface area contributed by atoms with Crippen molar-refractivity contribution in [3.8, 4) is 11.6 Å². The minimum Gasteiger partial charge on any atom is -0.493 e. The summed E-state index contributed by atoms with van der Waals surface area (Å²) in [5.41, 5.74) is 0.924. The highest BCUT2D eigenvalue weighted by molar-refractivity contribution is 5.85. The Bertz CT molecular complexity index is 540. The first-order valence-electron chi connectivity index (χ1n) is 7.50. The molecule has 0 spiro atoms. The van der Waals surface area contributed by atoms with Crippen molar-refractivity contribution in [3.63, 3.8) is 0 Å². The highest BCUT2D eigenvalue weighted by atomic mass is 16.5. The molecule has 0 saturated carbocycles. The third-order valence-corrected chi connectivity index (χ3v) is 3.16. The zero-order valence-electron chi connectivity index (χ0n) is 12.4. The minimum atomic E-state index is 0.656. The van der Waals surface area contributed by atoms with E-state index in [-0.39, 0.29) is 0 Å². The number of hydrogen-bond donors (Lipinski definition) is 0. The molecule has 0 N–H and O–H groups in total. The summed E-state index contributed by atoms with van der Waals surface area (Å²) in [7, 11) is 0. The van der Waals surface area contributed by atoms with Crippen molar-refractivity contribution in [2.45, 2.75) is 39.5 Å². The Morgan fingerprint density at radius 2 is 1.65 bits per heavy atom. The summed E-state index contributed by atoms with van der Waals surface area (Å²) in [6.07, 6.45) is 4.35. The zero-order valence-corrected chi connectivity index (χ0v) is 12.4. The summed E-state index contributed by atoms with van der Waals surface area (Å²) in [4.78, 5) is 4.53. The smallest absolute Gasteiger partial charge is 0.217 e. The Labute approximate surface area is 120 Å². The van der Waals surface area contributed by atoms with Gasteiger partial charge in [-0.3, -0.25) is 0 Å². The molecule has 3 heteroatoms. The van der Waals surface area contributed by atoms with Gasteiger partial charge in [-0.05, 0) is 25.0 Å². The van der Waals surface area contributed by atoms with E-state index < -0.39 is 0 Å². The molecule has 0 radical (unpaired) electrons. The second-order valence-corrected chi connectivity index (χ2v) is 4.88. The SMILES string of the molecule is CCCCOc1cc(OCCCC)c2ccccc2n1. The Morgan fingerprint density at radius 3 is 2.40 bits per heavy atom. The Kier molecular flexibility index (Phi) is 5.66. The van der Waals surface area contributed by atoms with E-state index in [9.17, 15) is 0 Å². The molecule has 0 aliphatic carbocycles. The second kappa shape index (κ2) is 7.73. The number of benzene rings is 1. The molecule has 0 aliphatic rings. The molecule has 0 saturated heterocycles. The van der Waals surface area contributed by atoms with Crippen LogP contribution in [0.4, 0.5) is 0 Å². The molecule has 1 heterocycles. The number of fused-ring (bicyclic) bond motifs is 1. The fraction of sp³-hybridized carbons (Fsp3) is 0.471. The molecular formula is C17H23NO2. The number of aromatic nitrogens is 1. The van der Waals surface area contributed by atoms with Gasteiger partial charge in [0, 0.05) is 11.5 Å². The highest BCUT2D eigenvalue weighted by Crippen LogP contribution is 2.28. The normalized spacial score (nSPS) is 10.7. The number of unbranched alkanes of at least 4 members (excludes halogenated alkanes) is 2. The van der Waals surface area contributed by atoms with Gasteiger partial charge in [-0.25, -0.2) is 4.98 Å². The first kappa shape index (κ1) is 14.6. The lowest BCUT2D eigenvalue weighted by Crippen LogP contribution is -2.02. The van der Waals surface area contributed by atoms with E-state index in [0.717, 1.165) is 48.9 Å². The van der Waals surface area contributed by atoms with Crippen molar-refractivity contribution in [3.05, 3.63) is 30.3 Å². The van der Waals surface area contributed by atoms with E-state index in [0.29, 0.717) is 12.5 Å². The standard InChI is InChI=1S/C17H23NO2/c1-3-5-11-19-16-13-17(20-12-6-4-2)18-15-10-8-7-9-14(15)16/h7-10,13H,3-6,11-12H2,1-2H3.